The second kappa shape index (κ2) is 12.3. The van der Waals surface area contributed by atoms with E-state index in [0.717, 1.165) is 13.8 Å². The molecule has 2 rings (SSSR count). The Morgan fingerprint density at radius 1 is 1.17 bits per heavy atom. The first-order chi connectivity index (χ1) is 16.5. The van der Waals surface area contributed by atoms with Gasteiger partial charge >= 0.3 is 5.92 Å². The number of hydrogen-bond donors (Lipinski definition) is 2. The monoisotopic (exact) mass is 511 g/mol. The maximum atomic E-state index is 14.8. The van der Waals surface area contributed by atoms with Gasteiger partial charge in [-0.2, -0.15) is 8.78 Å². The molecule has 10 heteroatoms. The van der Waals surface area contributed by atoms with Crippen LogP contribution in [0, 0.1) is 0 Å². The molecule has 0 heterocycles. The summed E-state index contributed by atoms with van der Waals surface area (Å²) < 4.78 is 45.8. The highest BCUT2D eigenvalue weighted by Gasteiger charge is 2.48. The highest BCUT2D eigenvalue weighted by Crippen LogP contribution is 2.43. The predicted octanol–water partition coefficient (Wildman–Crippen LogP) is 5.12. The Labute approximate surface area is 209 Å². The molecule has 0 aliphatic heterocycles. The smallest absolute Gasteiger partial charge is 0.302 e. The molecule has 2 N–H and O–H groups in total. The fourth-order valence-electron chi connectivity index (χ4n) is 3.25. The van der Waals surface area contributed by atoms with Crippen LogP contribution >= 0.6 is 11.6 Å². The Morgan fingerprint density at radius 2 is 1.89 bits per heavy atom. The number of methoxy groups -OCH3 is 2. The summed E-state index contributed by atoms with van der Waals surface area (Å²) in [5.74, 6) is -2.14. The van der Waals surface area contributed by atoms with Crippen molar-refractivity contribution >= 4 is 29.3 Å². The summed E-state index contributed by atoms with van der Waals surface area (Å²) in [6, 6.07) is 7.78. The SMILES string of the molecule is CC=Nc1cc(OC)c(OCCOC)cc1C(=NC)NCc1cccc(C(F)(F)C(C)(C)O)c1Cl. The van der Waals surface area contributed by atoms with Gasteiger partial charge in [0.15, 0.2) is 11.5 Å². The second-order valence-corrected chi connectivity index (χ2v) is 8.46. The van der Waals surface area contributed by atoms with Crippen molar-refractivity contribution in [2.24, 2.45) is 9.98 Å². The number of nitrogens with one attached hydrogen (secondary N) is 1. The first-order valence-corrected chi connectivity index (χ1v) is 11.3. The number of ether oxygens (including phenoxy) is 3. The summed E-state index contributed by atoms with van der Waals surface area (Å²) >= 11 is 6.35. The Kier molecular flexibility index (Phi) is 10.00. The average Bonchev–Trinajstić information content (AvgIpc) is 2.80. The third kappa shape index (κ3) is 6.68. The van der Waals surface area contributed by atoms with Crippen molar-refractivity contribution in [3.8, 4) is 11.5 Å². The summed E-state index contributed by atoms with van der Waals surface area (Å²) in [6.45, 7) is 4.67. The van der Waals surface area contributed by atoms with Crippen molar-refractivity contribution < 1.29 is 28.1 Å². The van der Waals surface area contributed by atoms with Crippen LogP contribution in [0.4, 0.5) is 14.5 Å². The Balaban J connectivity index is 2.41. The van der Waals surface area contributed by atoms with Crippen molar-refractivity contribution in [3.63, 3.8) is 0 Å². The molecule has 35 heavy (non-hydrogen) atoms. The molecular weight excluding hydrogens is 480 g/mol. The summed E-state index contributed by atoms with van der Waals surface area (Å²) in [5.41, 5.74) is -1.12. The third-order valence-corrected chi connectivity index (χ3v) is 5.65. The molecule has 0 aliphatic rings. The van der Waals surface area contributed by atoms with Crippen LogP contribution in [0.25, 0.3) is 0 Å². The van der Waals surface area contributed by atoms with Crippen LogP contribution in [0.1, 0.15) is 37.5 Å². The van der Waals surface area contributed by atoms with E-state index in [1.54, 1.807) is 45.5 Å². The number of nitrogens with zero attached hydrogens (tertiary/aromatic N) is 2. The molecule has 0 fully saturated rings. The van der Waals surface area contributed by atoms with E-state index in [4.69, 9.17) is 25.8 Å². The van der Waals surface area contributed by atoms with E-state index in [0.29, 0.717) is 47.4 Å². The number of rotatable bonds is 11. The fraction of sp³-hybridized carbons (Fsp3) is 0.440. The Hall–Kier alpha value is -2.75. The molecule has 0 aliphatic carbocycles. The summed E-state index contributed by atoms with van der Waals surface area (Å²) in [4.78, 5) is 8.74. The Morgan fingerprint density at radius 3 is 2.46 bits per heavy atom. The van der Waals surface area contributed by atoms with Gasteiger partial charge in [0.1, 0.15) is 18.0 Å². The molecule has 0 aromatic heterocycles. The van der Waals surface area contributed by atoms with Gasteiger partial charge in [0.2, 0.25) is 0 Å². The van der Waals surface area contributed by atoms with E-state index < -0.39 is 17.1 Å². The van der Waals surface area contributed by atoms with Crippen molar-refractivity contribution in [2.45, 2.75) is 38.8 Å². The second-order valence-electron chi connectivity index (χ2n) is 8.09. The van der Waals surface area contributed by atoms with Crippen LogP contribution in [-0.2, 0) is 17.2 Å². The lowest BCUT2D eigenvalue weighted by Crippen LogP contribution is -2.40. The van der Waals surface area contributed by atoms with Crippen molar-refractivity contribution in [1.29, 1.82) is 0 Å². The van der Waals surface area contributed by atoms with E-state index in [-0.39, 0.29) is 11.6 Å². The van der Waals surface area contributed by atoms with Crippen molar-refractivity contribution in [1.82, 2.24) is 5.32 Å². The fourth-order valence-corrected chi connectivity index (χ4v) is 3.57. The van der Waals surface area contributed by atoms with Gasteiger partial charge in [0, 0.05) is 44.1 Å². The lowest BCUT2D eigenvalue weighted by Gasteiger charge is -2.30. The minimum atomic E-state index is -3.55. The number of alkyl halides is 2. The van der Waals surface area contributed by atoms with Gasteiger partial charge in [0.25, 0.3) is 0 Å². The zero-order valence-corrected chi connectivity index (χ0v) is 21.5. The number of benzene rings is 2. The quantitative estimate of drug-likeness (QED) is 0.248. The first-order valence-electron chi connectivity index (χ1n) is 10.9. The maximum absolute atomic E-state index is 14.8. The molecule has 0 saturated carbocycles. The molecule has 0 bridgehead atoms. The van der Waals surface area contributed by atoms with E-state index >= 15 is 0 Å². The van der Waals surface area contributed by atoms with E-state index in [1.807, 2.05) is 0 Å². The number of aliphatic imine (C=N–C) groups is 2. The van der Waals surface area contributed by atoms with Crippen LogP contribution in [0.3, 0.4) is 0 Å². The van der Waals surface area contributed by atoms with Gasteiger partial charge in [-0.05, 0) is 32.4 Å². The molecular formula is C25H32ClF2N3O4. The summed E-state index contributed by atoms with van der Waals surface area (Å²) in [6.07, 6.45) is 1.63. The molecule has 0 saturated heterocycles. The number of aliphatic hydroxyl groups is 1. The van der Waals surface area contributed by atoms with Gasteiger partial charge in [-0.1, -0.05) is 29.8 Å². The first kappa shape index (κ1) is 28.5. The van der Waals surface area contributed by atoms with Gasteiger partial charge in [0.05, 0.1) is 24.4 Å². The minimum Gasteiger partial charge on any atom is -0.493 e. The topological polar surface area (TPSA) is 84.7 Å². The Bertz CT molecular complexity index is 1070. The van der Waals surface area contributed by atoms with Gasteiger partial charge in [-0.15, -0.1) is 0 Å². The number of amidine groups is 1. The molecule has 192 valence electrons. The normalized spacial score (nSPS) is 12.8. The van der Waals surface area contributed by atoms with Crippen LogP contribution in [-0.4, -0.2) is 57.2 Å². The van der Waals surface area contributed by atoms with Crippen molar-refractivity contribution in [3.05, 3.63) is 52.0 Å². The van der Waals surface area contributed by atoms with E-state index in [1.165, 1.54) is 19.2 Å². The molecule has 0 atom stereocenters. The molecule has 0 amide bonds. The third-order valence-electron chi connectivity index (χ3n) is 5.21. The van der Waals surface area contributed by atoms with Gasteiger partial charge in [-0.3, -0.25) is 9.98 Å². The van der Waals surface area contributed by atoms with Crippen molar-refractivity contribution in [2.75, 3.05) is 34.5 Å². The molecule has 0 radical (unpaired) electrons. The average molecular weight is 512 g/mol. The molecule has 0 unspecified atom stereocenters. The molecule has 0 spiro atoms. The zero-order chi connectivity index (χ0) is 26.2. The largest absolute Gasteiger partial charge is 0.493 e. The number of halogens is 3. The van der Waals surface area contributed by atoms with E-state index in [9.17, 15) is 13.9 Å². The lowest BCUT2D eigenvalue weighted by atomic mass is 9.92. The van der Waals surface area contributed by atoms with Crippen LogP contribution in [0.2, 0.25) is 5.02 Å². The zero-order valence-electron chi connectivity index (χ0n) is 20.8. The lowest BCUT2D eigenvalue weighted by molar-refractivity contribution is -0.168. The molecule has 2 aromatic carbocycles. The summed E-state index contributed by atoms with van der Waals surface area (Å²) in [7, 11) is 4.70. The maximum Gasteiger partial charge on any atom is 0.302 e. The van der Waals surface area contributed by atoms with Gasteiger partial charge in [-0.25, -0.2) is 0 Å². The molecule has 7 nitrogen and oxygen atoms in total. The van der Waals surface area contributed by atoms with Crippen LogP contribution in [0.15, 0.2) is 40.3 Å². The number of hydrogen-bond acceptors (Lipinski definition) is 6. The van der Waals surface area contributed by atoms with Gasteiger partial charge < -0.3 is 24.6 Å². The van der Waals surface area contributed by atoms with Crippen LogP contribution < -0.4 is 14.8 Å². The molecule has 2 aromatic rings. The minimum absolute atomic E-state index is 0.0997. The predicted molar refractivity (Wildman–Crippen MR) is 135 cm³/mol. The van der Waals surface area contributed by atoms with E-state index in [2.05, 4.69) is 15.3 Å². The van der Waals surface area contributed by atoms with Crippen LogP contribution in [0.5, 0.6) is 11.5 Å². The standard InChI is InChI=1S/C25H32ClF2N3O4/c1-7-30-19-14-20(34-6)21(35-12-11-33-5)13-17(19)23(29-4)31-15-16-9-8-10-18(22(16)26)25(27,28)24(2,3)32/h7-10,13-14,32H,11-12,15H2,1-6H3,(H,29,31). The summed E-state index contributed by atoms with van der Waals surface area (Å²) in [5, 5.41) is 13.0. The highest BCUT2D eigenvalue weighted by molar-refractivity contribution is 6.32. The highest BCUT2D eigenvalue weighted by atomic mass is 35.5.